The summed E-state index contributed by atoms with van der Waals surface area (Å²) in [5.41, 5.74) is 1.32. The molecule has 0 radical (unpaired) electrons. The fourth-order valence-electron chi connectivity index (χ4n) is 0.626. The molecule has 1 aromatic carbocycles. The van der Waals surface area contributed by atoms with E-state index in [1.807, 2.05) is 32.2 Å². The lowest BCUT2D eigenvalue weighted by Crippen LogP contribution is -2.24. The van der Waals surface area contributed by atoms with E-state index in [2.05, 4.69) is 24.4 Å². The molecular formula is C11H19NO. The topological polar surface area (TPSA) is 32.3 Å². The fraction of sp³-hybridized carbons (Fsp3) is 0.455. The standard InChI is InChI=1S/C7H8.C4H11NO/c1-7-5-3-2-4-6-7;1-4(3-6)5-2/h2-6H,1H3;4-6H,3H2,1-2H3/t;4-/m.1/s1. The Kier molecular flexibility index (Phi) is 7.26. The van der Waals surface area contributed by atoms with E-state index < -0.39 is 0 Å². The van der Waals surface area contributed by atoms with Crippen LogP contribution in [0, 0.1) is 6.92 Å². The van der Waals surface area contributed by atoms with Crippen molar-refractivity contribution in [1.29, 1.82) is 0 Å². The molecule has 1 aromatic rings. The molecule has 74 valence electrons. The third-order valence-electron chi connectivity index (χ3n) is 1.71. The van der Waals surface area contributed by atoms with Crippen LogP contribution in [0.15, 0.2) is 30.3 Å². The quantitative estimate of drug-likeness (QED) is 0.726. The molecule has 0 bridgehead atoms. The lowest BCUT2D eigenvalue weighted by Gasteiger charge is -2.01. The molecule has 0 saturated carbocycles. The average Bonchev–Trinajstić information content (AvgIpc) is 2.19. The zero-order valence-electron chi connectivity index (χ0n) is 8.62. The summed E-state index contributed by atoms with van der Waals surface area (Å²) in [5.74, 6) is 0. The van der Waals surface area contributed by atoms with Gasteiger partial charge in [0.05, 0.1) is 6.61 Å². The van der Waals surface area contributed by atoms with Crippen LogP contribution < -0.4 is 5.32 Å². The Morgan fingerprint density at radius 3 is 2.00 bits per heavy atom. The first-order chi connectivity index (χ1) is 6.20. The first-order valence-corrected chi connectivity index (χ1v) is 4.50. The van der Waals surface area contributed by atoms with Gasteiger partial charge < -0.3 is 10.4 Å². The van der Waals surface area contributed by atoms with Crippen molar-refractivity contribution >= 4 is 0 Å². The summed E-state index contributed by atoms with van der Waals surface area (Å²) in [6.45, 7) is 4.22. The molecule has 0 saturated heterocycles. The van der Waals surface area contributed by atoms with E-state index in [9.17, 15) is 0 Å². The van der Waals surface area contributed by atoms with Gasteiger partial charge >= 0.3 is 0 Å². The minimum atomic E-state index is 0.219. The molecule has 0 heterocycles. The molecule has 0 aliphatic heterocycles. The highest BCUT2D eigenvalue weighted by atomic mass is 16.3. The Hall–Kier alpha value is -0.860. The highest BCUT2D eigenvalue weighted by Gasteiger charge is 1.88. The van der Waals surface area contributed by atoms with Gasteiger partial charge in [0.1, 0.15) is 0 Å². The van der Waals surface area contributed by atoms with Gasteiger partial charge in [-0.1, -0.05) is 35.9 Å². The largest absolute Gasteiger partial charge is 0.395 e. The molecule has 2 N–H and O–H groups in total. The van der Waals surface area contributed by atoms with Gasteiger partial charge in [-0.2, -0.15) is 0 Å². The summed E-state index contributed by atoms with van der Waals surface area (Å²) in [6, 6.07) is 10.5. The van der Waals surface area contributed by atoms with Gasteiger partial charge in [-0.15, -0.1) is 0 Å². The molecular weight excluding hydrogens is 162 g/mol. The second kappa shape index (κ2) is 7.77. The molecule has 0 aromatic heterocycles. The molecule has 0 spiro atoms. The molecule has 0 aliphatic rings. The highest BCUT2D eigenvalue weighted by molar-refractivity contribution is 5.11. The molecule has 0 aliphatic carbocycles. The highest BCUT2D eigenvalue weighted by Crippen LogP contribution is 1.92. The molecule has 13 heavy (non-hydrogen) atoms. The third kappa shape index (κ3) is 7.50. The summed E-state index contributed by atoms with van der Waals surface area (Å²) < 4.78 is 0. The van der Waals surface area contributed by atoms with Gasteiger partial charge in [-0.05, 0) is 20.9 Å². The van der Waals surface area contributed by atoms with E-state index >= 15 is 0 Å². The van der Waals surface area contributed by atoms with Crippen LogP contribution in [0.5, 0.6) is 0 Å². The lowest BCUT2D eigenvalue weighted by atomic mass is 10.2. The van der Waals surface area contributed by atoms with Crippen molar-refractivity contribution in [2.45, 2.75) is 19.9 Å². The predicted octanol–water partition coefficient (Wildman–Crippen LogP) is 1.58. The molecule has 0 amide bonds. The Labute approximate surface area is 80.6 Å². The van der Waals surface area contributed by atoms with Crippen LogP contribution in [0.2, 0.25) is 0 Å². The second-order valence-electron chi connectivity index (χ2n) is 3.03. The third-order valence-corrected chi connectivity index (χ3v) is 1.71. The molecule has 2 heteroatoms. The van der Waals surface area contributed by atoms with Crippen molar-refractivity contribution in [1.82, 2.24) is 5.32 Å². The lowest BCUT2D eigenvalue weighted by molar-refractivity contribution is 0.258. The van der Waals surface area contributed by atoms with Crippen LogP contribution in [-0.4, -0.2) is 24.8 Å². The van der Waals surface area contributed by atoms with E-state index in [-0.39, 0.29) is 12.6 Å². The van der Waals surface area contributed by atoms with Gasteiger partial charge in [0.25, 0.3) is 0 Å². The minimum Gasteiger partial charge on any atom is -0.395 e. The van der Waals surface area contributed by atoms with E-state index in [0.29, 0.717) is 0 Å². The number of aliphatic hydroxyl groups is 1. The summed E-state index contributed by atoms with van der Waals surface area (Å²) >= 11 is 0. The Morgan fingerprint density at radius 1 is 1.31 bits per heavy atom. The van der Waals surface area contributed by atoms with Crippen molar-refractivity contribution in [2.75, 3.05) is 13.7 Å². The van der Waals surface area contributed by atoms with Gasteiger partial charge in [0, 0.05) is 6.04 Å². The maximum absolute atomic E-state index is 8.27. The van der Waals surface area contributed by atoms with Crippen LogP contribution in [-0.2, 0) is 0 Å². The molecule has 0 fully saturated rings. The van der Waals surface area contributed by atoms with E-state index in [1.54, 1.807) is 0 Å². The average molecular weight is 181 g/mol. The fourth-order valence-corrected chi connectivity index (χ4v) is 0.626. The Balaban J connectivity index is 0.000000226. The summed E-state index contributed by atoms with van der Waals surface area (Å²) in [4.78, 5) is 0. The van der Waals surface area contributed by atoms with E-state index in [0.717, 1.165) is 0 Å². The summed E-state index contributed by atoms with van der Waals surface area (Å²) in [6.07, 6.45) is 0. The number of benzene rings is 1. The van der Waals surface area contributed by atoms with Crippen LogP contribution >= 0.6 is 0 Å². The van der Waals surface area contributed by atoms with Gasteiger partial charge in [0.2, 0.25) is 0 Å². The predicted molar refractivity (Wildman–Crippen MR) is 56.8 cm³/mol. The smallest absolute Gasteiger partial charge is 0.0581 e. The monoisotopic (exact) mass is 181 g/mol. The zero-order chi connectivity index (χ0) is 10.1. The van der Waals surface area contributed by atoms with Crippen LogP contribution in [0.1, 0.15) is 12.5 Å². The van der Waals surface area contributed by atoms with Crippen molar-refractivity contribution in [3.63, 3.8) is 0 Å². The van der Waals surface area contributed by atoms with Crippen molar-refractivity contribution in [2.24, 2.45) is 0 Å². The Morgan fingerprint density at radius 2 is 1.85 bits per heavy atom. The SMILES string of the molecule is CN[C@H](C)CO.Cc1ccccc1. The number of likely N-dealkylation sites (N-methyl/N-ethyl adjacent to an activating group) is 1. The minimum absolute atomic E-state index is 0.219. The normalized spacial score (nSPS) is 11.4. The summed E-state index contributed by atoms with van der Waals surface area (Å²) in [5, 5.41) is 11.1. The van der Waals surface area contributed by atoms with Crippen LogP contribution in [0.4, 0.5) is 0 Å². The maximum Gasteiger partial charge on any atom is 0.0581 e. The maximum atomic E-state index is 8.27. The number of nitrogens with one attached hydrogen (secondary N) is 1. The number of aryl methyl sites for hydroxylation is 1. The number of aliphatic hydroxyl groups excluding tert-OH is 1. The van der Waals surface area contributed by atoms with Gasteiger partial charge in [-0.3, -0.25) is 0 Å². The molecule has 2 nitrogen and oxygen atoms in total. The van der Waals surface area contributed by atoms with Gasteiger partial charge in [0.15, 0.2) is 0 Å². The van der Waals surface area contributed by atoms with Crippen LogP contribution in [0.25, 0.3) is 0 Å². The Bertz CT molecular complexity index is 195. The van der Waals surface area contributed by atoms with E-state index in [4.69, 9.17) is 5.11 Å². The molecule has 1 rings (SSSR count). The van der Waals surface area contributed by atoms with E-state index in [1.165, 1.54) is 5.56 Å². The van der Waals surface area contributed by atoms with Crippen molar-refractivity contribution < 1.29 is 5.11 Å². The van der Waals surface area contributed by atoms with Crippen LogP contribution in [0.3, 0.4) is 0 Å². The number of hydrogen-bond acceptors (Lipinski definition) is 2. The van der Waals surface area contributed by atoms with Crippen molar-refractivity contribution in [3.05, 3.63) is 35.9 Å². The zero-order valence-corrected chi connectivity index (χ0v) is 8.62. The molecule has 1 atom stereocenters. The number of hydrogen-bond donors (Lipinski definition) is 2. The second-order valence-corrected chi connectivity index (χ2v) is 3.03. The van der Waals surface area contributed by atoms with Gasteiger partial charge in [-0.25, -0.2) is 0 Å². The first kappa shape index (κ1) is 12.1. The molecule has 0 unspecified atom stereocenters. The summed E-state index contributed by atoms with van der Waals surface area (Å²) in [7, 11) is 1.82. The van der Waals surface area contributed by atoms with Crippen molar-refractivity contribution in [3.8, 4) is 0 Å². The number of rotatable bonds is 2. The first-order valence-electron chi connectivity index (χ1n) is 4.50.